The number of esters is 2. The first-order valence-corrected chi connectivity index (χ1v) is 17.9. The monoisotopic (exact) mass is 672 g/mol. The van der Waals surface area contributed by atoms with Crippen molar-refractivity contribution in [2.45, 2.75) is 129 Å². The zero-order chi connectivity index (χ0) is 35.0. The molecule has 0 saturated carbocycles. The van der Waals surface area contributed by atoms with Crippen LogP contribution < -0.4 is 10.6 Å². The Kier molecular flexibility index (Phi) is 14.3. The normalized spacial score (nSPS) is 13.3. The number of carbonyl (C=O) groups excluding carboxylic acids is 4. The van der Waals surface area contributed by atoms with Crippen molar-refractivity contribution in [1.29, 1.82) is 0 Å². The number of benzene rings is 2. The van der Waals surface area contributed by atoms with E-state index in [0.717, 1.165) is 20.9 Å². The molecular formula is C36H52N2O6S2. The summed E-state index contributed by atoms with van der Waals surface area (Å²) in [6.45, 7) is 22.6. The molecule has 0 bridgehead atoms. The van der Waals surface area contributed by atoms with E-state index in [9.17, 15) is 19.2 Å². The zero-order valence-corrected chi connectivity index (χ0v) is 31.1. The summed E-state index contributed by atoms with van der Waals surface area (Å²) in [4.78, 5) is 54.7. The van der Waals surface area contributed by atoms with Crippen molar-refractivity contribution < 1.29 is 28.7 Å². The number of aryl methyl sites for hydroxylation is 2. The zero-order valence-electron chi connectivity index (χ0n) is 29.5. The van der Waals surface area contributed by atoms with Gasteiger partial charge < -0.3 is 20.1 Å². The first-order chi connectivity index (χ1) is 21.2. The van der Waals surface area contributed by atoms with Gasteiger partial charge in [-0.2, -0.15) is 0 Å². The van der Waals surface area contributed by atoms with Crippen molar-refractivity contribution >= 4 is 45.3 Å². The number of ether oxygens (including phenoxy) is 2. The average molecular weight is 673 g/mol. The second-order valence-corrected chi connectivity index (χ2v) is 16.6. The Morgan fingerprint density at radius 3 is 1.24 bits per heavy atom. The van der Waals surface area contributed by atoms with E-state index in [1.807, 2.05) is 65.8 Å². The maximum atomic E-state index is 13.7. The van der Waals surface area contributed by atoms with Gasteiger partial charge in [-0.05, 0) is 103 Å². The highest BCUT2D eigenvalue weighted by atomic mass is 33.1. The summed E-state index contributed by atoms with van der Waals surface area (Å²) in [6.07, 6.45) is 0.874. The highest BCUT2D eigenvalue weighted by molar-refractivity contribution is 8.76. The Morgan fingerprint density at radius 2 is 0.957 bits per heavy atom. The summed E-state index contributed by atoms with van der Waals surface area (Å²) >= 11 is 0. The van der Waals surface area contributed by atoms with Gasteiger partial charge in [0.2, 0.25) is 0 Å². The van der Waals surface area contributed by atoms with E-state index in [2.05, 4.69) is 10.6 Å². The van der Waals surface area contributed by atoms with Crippen LogP contribution in [-0.2, 0) is 19.1 Å². The van der Waals surface area contributed by atoms with Gasteiger partial charge >= 0.3 is 11.9 Å². The molecule has 0 aliphatic heterocycles. The number of hydrogen-bond donors (Lipinski definition) is 2. The molecule has 2 atom stereocenters. The van der Waals surface area contributed by atoms with Crippen molar-refractivity contribution in [2.24, 2.45) is 11.8 Å². The topological polar surface area (TPSA) is 111 Å². The molecule has 0 spiro atoms. The molecule has 0 fully saturated rings. The van der Waals surface area contributed by atoms with Gasteiger partial charge in [0.1, 0.15) is 23.3 Å². The molecule has 10 heteroatoms. The Labute approximate surface area is 283 Å². The lowest BCUT2D eigenvalue weighted by Gasteiger charge is -2.26. The van der Waals surface area contributed by atoms with E-state index in [1.54, 1.807) is 53.7 Å². The smallest absolute Gasteiger partial charge is 0.329 e. The molecule has 2 N–H and O–H groups in total. The highest BCUT2D eigenvalue weighted by Crippen LogP contribution is 2.43. The summed E-state index contributed by atoms with van der Waals surface area (Å²) in [6, 6.07) is 9.32. The van der Waals surface area contributed by atoms with E-state index >= 15 is 0 Å². The van der Waals surface area contributed by atoms with Crippen LogP contribution >= 0.6 is 21.6 Å². The largest absolute Gasteiger partial charge is 0.458 e. The summed E-state index contributed by atoms with van der Waals surface area (Å²) in [5.41, 5.74) is 1.25. The van der Waals surface area contributed by atoms with Crippen molar-refractivity contribution in [1.82, 2.24) is 10.6 Å². The third-order valence-corrected chi connectivity index (χ3v) is 9.28. The quantitative estimate of drug-likeness (QED) is 0.162. The van der Waals surface area contributed by atoms with Crippen LogP contribution in [0.1, 0.15) is 114 Å². The van der Waals surface area contributed by atoms with Gasteiger partial charge in [0.05, 0.1) is 11.1 Å². The lowest BCUT2D eigenvalue weighted by atomic mass is 10.0. The molecule has 0 aliphatic carbocycles. The molecule has 2 aromatic rings. The molecule has 254 valence electrons. The standard InChI is InChI=1S/C36H52N2O6S2/c1-21(2)19-27(33(41)43-35(7,8)9)37-31(39)25-17-13-15-23(5)29(25)45-46-30-24(6)16-14-18-26(30)32(40)38-28(20-22(3)4)34(42)44-36(10,11)12/h13-18,21-22,27-28H,19-20H2,1-12H3,(H,37,39)(H,38,40)/t27-,28+. The predicted octanol–water partition coefficient (Wildman–Crippen LogP) is 8.08. The average Bonchev–Trinajstić information content (AvgIpc) is 2.89. The van der Waals surface area contributed by atoms with Gasteiger partial charge in [-0.25, -0.2) is 9.59 Å². The summed E-state index contributed by atoms with van der Waals surface area (Å²) in [7, 11) is 2.74. The minimum atomic E-state index is -0.798. The van der Waals surface area contributed by atoms with Crippen LogP contribution in [-0.4, -0.2) is 47.0 Å². The Hall–Kier alpha value is -2.98. The van der Waals surface area contributed by atoms with E-state index in [0.29, 0.717) is 24.0 Å². The van der Waals surface area contributed by atoms with Crippen LogP contribution in [0.5, 0.6) is 0 Å². The SMILES string of the molecule is Cc1cccc(C(=O)N[C@@H](CC(C)C)C(=O)OC(C)(C)C)c1SSc1c(C)cccc1C(=O)N[C@H](CC(C)C)C(=O)OC(C)(C)C. The number of hydrogen-bond acceptors (Lipinski definition) is 8. The second kappa shape index (κ2) is 16.7. The molecule has 0 aliphatic rings. The number of amides is 2. The molecule has 0 aromatic heterocycles. The van der Waals surface area contributed by atoms with Gasteiger partial charge in [0, 0.05) is 9.79 Å². The van der Waals surface area contributed by atoms with Gasteiger partial charge in [0.25, 0.3) is 11.8 Å². The molecule has 0 heterocycles. The maximum absolute atomic E-state index is 13.7. The summed E-state index contributed by atoms with van der Waals surface area (Å²) in [5, 5.41) is 5.83. The summed E-state index contributed by atoms with van der Waals surface area (Å²) < 4.78 is 11.2. The van der Waals surface area contributed by atoms with E-state index in [1.165, 1.54) is 21.6 Å². The number of nitrogens with one attached hydrogen (secondary N) is 2. The fraction of sp³-hybridized carbons (Fsp3) is 0.556. The molecule has 0 radical (unpaired) electrons. The Balaban J connectivity index is 2.36. The predicted molar refractivity (Wildman–Crippen MR) is 187 cm³/mol. The van der Waals surface area contributed by atoms with Crippen LogP contribution in [0, 0.1) is 25.7 Å². The lowest BCUT2D eigenvalue weighted by molar-refractivity contribution is -0.158. The minimum Gasteiger partial charge on any atom is -0.458 e. The molecule has 0 unspecified atom stereocenters. The molecule has 2 rings (SSSR count). The molecular weight excluding hydrogens is 621 g/mol. The number of rotatable bonds is 13. The first kappa shape index (κ1) is 39.2. The van der Waals surface area contributed by atoms with E-state index in [-0.39, 0.29) is 23.7 Å². The van der Waals surface area contributed by atoms with Crippen LogP contribution in [0.4, 0.5) is 0 Å². The molecule has 8 nitrogen and oxygen atoms in total. The van der Waals surface area contributed by atoms with Gasteiger partial charge in [-0.15, -0.1) is 0 Å². The third-order valence-electron chi connectivity index (χ3n) is 6.53. The Morgan fingerprint density at radius 1 is 0.630 bits per heavy atom. The fourth-order valence-electron chi connectivity index (χ4n) is 4.56. The molecule has 2 amide bonds. The fourth-order valence-corrected chi connectivity index (χ4v) is 7.45. The van der Waals surface area contributed by atoms with Gasteiger partial charge in [-0.3, -0.25) is 9.59 Å². The van der Waals surface area contributed by atoms with Crippen molar-refractivity contribution in [3.05, 3.63) is 58.7 Å². The van der Waals surface area contributed by atoms with Crippen molar-refractivity contribution in [3.63, 3.8) is 0 Å². The highest BCUT2D eigenvalue weighted by Gasteiger charge is 2.30. The van der Waals surface area contributed by atoms with Crippen molar-refractivity contribution in [2.75, 3.05) is 0 Å². The summed E-state index contributed by atoms with van der Waals surface area (Å²) in [5.74, 6) is -1.38. The van der Waals surface area contributed by atoms with Crippen molar-refractivity contribution in [3.8, 4) is 0 Å². The van der Waals surface area contributed by atoms with Gasteiger partial charge in [0.15, 0.2) is 0 Å². The van der Waals surface area contributed by atoms with Crippen LogP contribution in [0.2, 0.25) is 0 Å². The van der Waals surface area contributed by atoms with Crippen LogP contribution in [0.25, 0.3) is 0 Å². The lowest BCUT2D eigenvalue weighted by Crippen LogP contribution is -2.45. The first-order valence-electron chi connectivity index (χ1n) is 15.8. The molecule has 2 aromatic carbocycles. The third kappa shape index (κ3) is 12.7. The minimum absolute atomic E-state index is 0.154. The second-order valence-electron chi connectivity index (χ2n) is 14.4. The molecule has 46 heavy (non-hydrogen) atoms. The Bertz CT molecular complexity index is 1290. The maximum Gasteiger partial charge on any atom is 0.329 e. The van der Waals surface area contributed by atoms with Gasteiger partial charge in [-0.1, -0.05) is 73.5 Å². The van der Waals surface area contributed by atoms with Crippen LogP contribution in [0.3, 0.4) is 0 Å². The molecule has 0 saturated heterocycles. The van der Waals surface area contributed by atoms with E-state index in [4.69, 9.17) is 9.47 Å². The van der Waals surface area contributed by atoms with E-state index < -0.39 is 35.2 Å². The van der Waals surface area contributed by atoms with Crippen LogP contribution in [0.15, 0.2) is 46.2 Å². The number of carbonyl (C=O) groups is 4.